The molecule has 0 heterocycles. The fourth-order valence-corrected chi connectivity index (χ4v) is 4.16. The molecule has 2 heteroatoms. The molecule has 1 N–H and O–H groups in total. The van der Waals surface area contributed by atoms with Crippen LogP contribution in [-0.2, 0) is 0 Å². The third-order valence-electron chi connectivity index (χ3n) is 5.47. The molecule has 1 aromatic rings. The third-order valence-corrected chi connectivity index (χ3v) is 5.47. The van der Waals surface area contributed by atoms with Crippen molar-refractivity contribution >= 4 is 0 Å². The van der Waals surface area contributed by atoms with Crippen molar-refractivity contribution in [2.45, 2.75) is 64.0 Å². The van der Waals surface area contributed by atoms with Crippen LogP contribution in [0.25, 0.3) is 0 Å². The first-order chi connectivity index (χ1) is 9.74. The highest BCUT2D eigenvalue weighted by molar-refractivity contribution is 5.27. The van der Waals surface area contributed by atoms with Crippen LogP contribution in [0.2, 0.25) is 0 Å². The second-order valence-electron chi connectivity index (χ2n) is 6.64. The van der Waals surface area contributed by atoms with E-state index in [1.54, 1.807) is 0 Å². The standard InChI is InChI=1S/C18H27NO/c1-14-7-9-15(10-8-14)20-17-13-16(19-2)18(17)11-5-3-4-6-12-18/h7-10,16-17,19H,3-6,11-13H2,1-2H3. The van der Waals surface area contributed by atoms with Gasteiger partial charge in [0.15, 0.2) is 0 Å². The quantitative estimate of drug-likeness (QED) is 0.896. The van der Waals surface area contributed by atoms with Gasteiger partial charge in [-0.3, -0.25) is 0 Å². The molecule has 110 valence electrons. The van der Waals surface area contributed by atoms with E-state index in [4.69, 9.17) is 4.74 Å². The van der Waals surface area contributed by atoms with Crippen LogP contribution >= 0.6 is 0 Å². The minimum atomic E-state index is 0.385. The monoisotopic (exact) mass is 273 g/mol. The highest BCUT2D eigenvalue weighted by atomic mass is 16.5. The van der Waals surface area contributed by atoms with Crippen LogP contribution in [0.4, 0.5) is 0 Å². The van der Waals surface area contributed by atoms with Gasteiger partial charge in [-0.15, -0.1) is 0 Å². The minimum Gasteiger partial charge on any atom is -0.490 e. The molecule has 3 rings (SSSR count). The molecule has 0 radical (unpaired) electrons. The molecular formula is C18H27NO. The predicted octanol–water partition coefficient (Wildman–Crippen LogP) is 4.07. The molecule has 0 amide bonds. The Labute approximate surface area is 122 Å². The van der Waals surface area contributed by atoms with Crippen LogP contribution < -0.4 is 10.1 Å². The molecule has 0 aromatic heterocycles. The Morgan fingerprint density at radius 1 is 1.05 bits per heavy atom. The SMILES string of the molecule is CNC1CC(Oc2ccc(C)cc2)C12CCCCCC2. The lowest BCUT2D eigenvalue weighted by Gasteiger charge is -2.55. The van der Waals surface area contributed by atoms with Crippen LogP contribution in [0.15, 0.2) is 24.3 Å². The first-order valence-electron chi connectivity index (χ1n) is 8.15. The average Bonchev–Trinajstić information content (AvgIpc) is 2.73. The summed E-state index contributed by atoms with van der Waals surface area (Å²) < 4.78 is 6.35. The molecule has 1 spiro atoms. The Morgan fingerprint density at radius 3 is 2.30 bits per heavy atom. The Balaban J connectivity index is 1.73. The molecule has 0 saturated heterocycles. The summed E-state index contributed by atoms with van der Waals surface area (Å²) in [6.07, 6.45) is 9.75. The van der Waals surface area contributed by atoms with Gasteiger partial charge in [0.25, 0.3) is 0 Å². The molecule has 1 aromatic carbocycles. The summed E-state index contributed by atoms with van der Waals surface area (Å²) in [5.41, 5.74) is 1.68. The maximum absolute atomic E-state index is 6.35. The summed E-state index contributed by atoms with van der Waals surface area (Å²) in [7, 11) is 2.11. The predicted molar refractivity (Wildman–Crippen MR) is 83.2 cm³/mol. The first-order valence-corrected chi connectivity index (χ1v) is 8.15. The van der Waals surface area contributed by atoms with Crippen molar-refractivity contribution < 1.29 is 4.74 Å². The van der Waals surface area contributed by atoms with Gasteiger partial charge in [-0.05, 0) is 38.9 Å². The van der Waals surface area contributed by atoms with E-state index in [-0.39, 0.29) is 0 Å². The molecule has 0 aliphatic heterocycles. The summed E-state index contributed by atoms with van der Waals surface area (Å²) in [6, 6.07) is 9.17. The largest absolute Gasteiger partial charge is 0.490 e. The first kappa shape index (κ1) is 13.9. The normalized spacial score (nSPS) is 28.7. The van der Waals surface area contributed by atoms with E-state index in [1.165, 1.54) is 44.1 Å². The minimum absolute atomic E-state index is 0.385. The molecule has 2 aliphatic rings. The highest BCUT2D eigenvalue weighted by Crippen LogP contribution is 2.52. The summed E-state index contributed by atoms with van der Waals surface area (Å²) in [4.78, 5) is 0. The van der Waals surface area contributed by atoms with Crippen LogP contribution in [0, 0.1) is 12.3 Å². The van der Waals surface area contributed by atoms with Crippen LogP contribution in [0.3, 0.4) is 0 Å². The Morgan fingerprint density at radius 2 is 1.70 bits per heavy atom. The molecule has 2 nitrogen and oxygen atoms in total. The zero-order valence-corrected chi connectivity index (χ0v) is 12.8. The van der Waals surface area contributed by atoms with E-state index < -0.39 is 0 Å². The Hall–Kier alpha value is -1.02. The lowest BCUT2D eigenvalue weighted by atomic mass is 9.58. The molecule has 20 heavy (non-hydrogen) atoms. The van der Waals surface area contributed by atoms with E-state index in [0.717, 1.165) is 12.2 Å². The number of hydrogen-bond acceptors (Lipinski definition) is 2. The van der Waals surface area contributed by atoms with Crippen molar-refractivity contribution in [3.8, 4) is 5.75 Å². The number of rotatable bonds is 3. The number of hydrogen-bond donors (Lipinski definition) is 1. The van der Waals surface area contributed by atoms with Crippen molar-refractivity contribution in [2.24, 2.45) is 5.41 Å². The van der Waals surface area contributed by atoms with Crippen molar-refractivity contribution in [2.75, 3.05) is 7.05 Å². The van der Waals surface area contributed by atoms with Crippen molar-refractivity contribution in [1.82, 2.24) is 5.32 Å². The Bertz CT molecular complexity index is 431. The van der Waals surface area contributed by atoms with Crippen molar-refractivity contribution in [3.63, 3.8) is 0 Å². The summed E-state index contributed by atoms with van der Waals surface area (Å²) in [6.45, 7) is 2.12. The van der Waals surface area contributed by atoms with Gasteiger partial charge < -0.3 is 10.1 Å². The third kappa shape index (κ3) is 2.46. The van der Waals surface area contributed by atoms with Crippen molar-refractivity contribution in [1.29, 1.82) is 0 Å². The van der Waals surface area contributed by atoms with Crippen molar-refractivity contribution in [3.05, 3.63) is 29.8 Å². The number of nitrogens with one attached hydrogen (secondary N) is 1. The van der Waals surface area contributed by atoms with E-state index in [1.807, 2.05) is 0 Å². The molecule has 2 atom stereocenters. The zero-order valence-electron chi connectivity index (χ0n) is 12.8. The second-order valence-corrected chi connectivity index (χ2v) is 6.64. The van der Waals surface area contributed by atoms with Gasteiger partial charge >= 0.3 is 0 Å². The highest BCUT2D eigenvalue weighted by Gasteiger charge is 2.55. The number of benzene rings is 1. The molecule has 2 fully saturated rings. The van der Waals surface area contributed by atoms with Crippen LogP contribution in [-0.4, -0.2) is 19.2 Å². The average molecular weight is 273 g/mol. The van der Waals surface area contributed by atoms with Gasteiger partial charge in [-0.1, -0.05) is 43.4 Å². The second kappa shape index (κ2) is 5.77. The smallest absolute Gasteiger partial charge is 0.119 e. The van der Waals surface area contributed by atoms with Crippen LogP contribution in [0.1, 0.15) is 50.5 Å². The maximum Gasteiger partial charge on any atom is 0.119 e. The van der Waals surface area contributed by atoms with E-state index in [2.05, 4.69) is 43.6 Å². The zero-order chi connectivity index (χ0) is 14.0. The fraction of sp³-hybridized carbons (Fsp3) is 0.667. The molecule has 0 bridgehead atoms. The van der Waals surface area contributed by atoms with E-state index in [0.29, 0.717) is 17.6 Å². The summed E-state index contributed by atoms with van der Waals surface area (Å²) in [5, 5.41) is 3.53. The Kier molecular flexibility index (Phi) is 4.02. The van der Waals surface area contributed by atoms with Gasteiger partial charge in [-0.25, -0.2) is 0 Å². The number of aryl methyl sites for hydroxylation is 1. The van der Waals surface area contributed by atoms with Gasteiger partial charge in [0.2, 0.25) is 0 Å². The van der Waals surface area contributed by atoms with Gasteiger partial charge in [-0.2, -0.15) is 0 Å². The number of ether oxygens (including phenoxy) is 1. The molecular weight excluding hydrogens is 246 g/mol. The fourth-order valence-electron chi connectivity index (χ4n) is 4.16. The maximum atomic E-state index is 6.35. The van der Waals surface area contributed by atoms with Gasteiger partial charge in [0.05, 0.1) is 0 Å². The van der Waals surface area contributed by atoms with E-state index in [9.17, 15) is 0 Å². The lowest BCUT2D eigenvalue weighted by molar-refractivity contribution is -0.0882. The van der Waals surface area contributed by atoms with E-state index >= 15 is 0 Å². The topological polar surface area (TPSA) is 21.3 Å². The van der Waals surface area contributed by atoms with Crippen LogP contribution in [0.5, 0.6) is 5.75 Å². The van der Waals surface area contributed by atoms with Gasteiger partial charge in [0.1, 0.15) is 11.9 Å². The van der Waals surface area contributed by atoms with Gasteiger partial charge in [0, 0.05) is 17.9 Å². The molecule has 2 aliphatic carbocycles. The molecule has 2 unspecified atom stereocenters. The summed E-state index contributed by atoms with van der Waals surface area (Å²) >= 11 is 0. The summed E-state index contributed by atoms with van der Waals surface area (Å²) in [5.74, 6) is 1.04. The molecule has 2 saturated carbocycles. The lowest BCUT2D eigenvalue weighted by Crippen LogP contribution is -2.64.